The van der Waals surface area contributed by atoms with Crippen LogP contribution in [0.1, 0.15) is 38.2 Å². The van der Waals surface area contributed by atoms with Crippen molar-refractivity contribution in [2.75, 3.05) is 19.6 Å². The zero-order valence-corrected chi connectivity index (χ0v) is 13.8. The van der Waals surface area contributed by atoms with Crippen molar-refractivity contribution >= 4 is 21.8 Å². The van der Waals surface area contributed by atoms with Crippen LogP contribution in [0, 0.1) is 0 Å². The van der Waals surface area contributed by atoms with Crippen LogP contribution < -0.4 is 5.32 Å². The summed E-state index contributed by atoms with van der Waals surface area (Å²) in [6.45, 7) is 6.10. The summed E-state index contributed by atoms with van der Waals surface area (Å²) in [4.78, 5) is 13.8. The summed E-state index contributed by atoms with van der Waals surface area (Å²) in [6, 6.07) is 8.90. The summed E-state index contributed by atoms with van der Waals surface area (Å²) in [6.07, 6.45) is 2.24. The van der Waals surface area contributed by atoms with Gasteiger partial charge in [0.15, 0.2) is 0 Å². The molecule has 0 atom stereocenters. The third-order valence-electron chi connectivity index (χ3n) is 4.14. The van der Waals surface area contributed by atoms with E-state index >= 15 is 0 Å². The maximum absolute atomic E-state index is 11.9. The van der Waals surface area contributed by atoms with E-state index in [1.165, 1.54) is 10.0 Å². The highest BCUT2D eigenvalue weighted by molar-refractivity contribution is 9.10. The fourth-order valence-electron chi connectivity index (χ4n) is 2.76. The number of hydrogen-bond donors (Lipinski definition) is 1. The third kappa shape index (κ3) is 3.61. The maximum atomic E-state index is 11.9. The second kappa shape index (κ2) is 7.23. The normalized spacial score (nSPS) is 21.4. The van der Waals surface area contributed by atoms with Gasteiger partial charge in [0.05, 0.1) is 6.54 Å². The molecule has 0 heterocycles. The molecule has 2 rings (SSSR count). The van der Waals surface area contributed by atoms with Gasteiger partial charge in [-0.25, -0.2) is 0 Å². The first-order valence-electron chi connectivity index (χ1n) is 7.41. The summed E-state index contributed by atoms with van der Waals surface area (Å²) < 4.78 is 1.20. The lowest BCUT2D eigenvalue weighted by atomic mass is 9.76. The minimum Gasteiger partial charge on any atom is -0.342 e. The molecular formula is C16H23BrN2O. The van der Waals surface area contributed by atoms with E-state index in [2.05, 4.69) is 39.4 Å². The van der Waals surface area contributed by atoms with Gasteiger partial charge in [0.2, 0.25) is 5.91 Å². The molecule has 1 N–H and O–H groups in total. The zero-order valence-electron chi connectivity index (χ0n) is 12.2. The Morgan fingerprint density at radius 2 is 1.95 bits per heavy atom. The molecule has 4 heteroatoms. The fraction of sp³-hybridized carbons (Fsp3) is 0.562. The third-order valence-corrected chi connectivity index (χ3v) is 4.86. The number of carbonyl (C=O) groups is 1. The van der Waals surface area contributed by atoms with Gasteiger partial charge in [0.1, 0.15) is 0 Å². The summed E-state index contributed by atoms with van der Waals surface area (Å²) in [5.41, 5.74) is 1.39. The van der Waals surface area contributed by atoms with E-state index in [1.807, 2.05) is 24.8 Å². The molecule has 110 valence electrons. The van der Waals surface area contributed by atoms with Crippen LogP contribution in [0.2, 0.25) is 0 Å². The van der Waals surface area contributed by atoms with Crippen LogP contribution in [0.5, 0.6) is 0 Å². The lowest BCUT2D eigenvalue weighted by molar-refractivity contribution is -0.130. The second-order valence-electron chi connectivity index (χ2n) is 5.33. The molecule has 1 aliphatic carbocycles. The van der Waals surface area contributed by atoms with E-state index in [1.54, 1.807) is 0 Å². The molecular weight excluding hydrogens is 316 g/mol. The van der Waals surface area contributed by atoms with Crippen molar-refractivity contribution in [3.05, 3.63) is 34.3 Å². The Hall–Kier alpha value is -0.870. The predicted octanol–water partition coefficient (Wildman–Crippen LogP) is 3.15. The number of benzene rings is 1. The minimum absolute atomic E-state index is 0.208. The van der Waals surface area contributed by atoms with Gasteiger partial charge in [0.25, 0.3) is 0 Å². The largest absolute Gasteiger partial charge is 0.342 e. The maximum Gasteiger partial charge on any atom is 0.236 e. The van der Waals surface area contributed by atoms with E-state index in [0.29, 0.717) is 18.5 Å². The number of carbonyl (C=O) groups excluding carboxylic acids is 1. The Balaban J connectivity index is 1.75. The number of nitrogens with zero attached hydrogens (tertiary/aromatic N) is 1. The molecule has 0 radical (unpaired) electrons. The number of hydrogen-bond acceptors (Lipinski definition) is 2. The number of halogens is 1. The molecule has 1 aromatic rings. The van der Waals surface area contributed by atoms with Crippen LogP contribution in [0.3, 0.4) is 0 Å². The molecule has 1 aromatic carbocycles. The summed E-state index contributed by atoms with van der Waals surface area (Å²) >= 11 is 3.61. The average Bonchev–Trinajstić information content (AvgIpc) is 2.40. The Bertz CT molecular complexity index is 454. The summed E-state index contributed by atoms with van der Waals surface area (Å²) in [7, 11) is 0. The monoisotopic (exact) mass is 338 g/mol. The van der Waals surface area contributed by atoms with Gasteiger partial charge >= 0.3 is 0 Å². The molecule has 0 unspecified atom stereocenters. The van der Waals surface area contributed by atoms with Gasteiger partial charge in [0, 0.05) is 23.6 Å². The van der Waals surface area contributed by atoms with Crippen molar-refractivity contribution < 1.29 is 4.79 Å². The highest BCUT2D eigenvalue weighted by atomic mass is 79.9. The highest BCUT2D eigenvalue weighted by Gasteiger charge is 2.31. The van der Waals surface area contributed by atoms with Gasteiger partial charge in [-0.15, -0.1) is 0 Å². The van der Waals surface area contributed by atoms with Crippen LogP contribution in [0.25, 0.3) is 0 Å². The lowest BCUT2D eigenvalue weighted by Crippen LogP contribution is -2.46. The smallest absolute Gasteiger partial charge is 0.236 e. The van der Waals surface area contributed by atoms with Crippen molar-refractivity contribution in [2.24, 2.45) is 0 Å². The predicted molar refractivity (Wildman–Crippen MR) is 85.8 cm³/mol. The van der Waals surface area contributed by atoms with Gasteiger partial charge in [-0.2, -0.15) is 0 Å². The van der Waals surface area contributed by atoms with Gasteiger partial charge < -0.3 is 10.2 Å². The molecule has 0 bridgehead atoms. The van der Waals surface area contributed by atoms with Crippen LogP contribution >= 0.6 is 15.9 Å². The van der Waals surface area contributed by atoms with Crippen LogP contribution in [-0.4, -0.2) is 36.5 Å². The van der Waals surface area contributed by atoms with Crippen LogP contribution in [-0.2, 0) is 4.79 Å². The average molecular weight is 339 g/mol. The van der Waals surface area contributed by atoms with E-state index in [-0.39, 0.29) is 5.91 Å². The SMILES string of the molecule is CCN(CC)C(=O)CNC1CC(c2ccccc2Br)C1. The molecule has 1 amide bonds. The fourth-order valence-corrected chi connectivity index (χ4v) is 3.37. The van der Waals surface area contributed by atoms with Gasteiger partial charge in [-0.05, 0) is 44.2 Å². The van der Waals surface area contributed by atoms with E-state index in [0.717, 1.165) is 25.9 Å². The van der Waals surface area contributed by atoms with Crippen LogP contribution in [0.15, 0.2) is 28.7 Å². The molecule has 0 aromatic heterocycles. The van der Waals surface area contributed by atoms with E-state index in [9.17, 15) is 4.79 Å². The number of likely N-dealkylation sites (N-methyl/N-ethyl adjacent to an activating group) is 1. The molecule has 20 heavy (non-hydrogen) atoms. The quantitative estimate of drug-likeness (QED) is 0.864. The Kier molecular flexibility index (Phi) is 5.61. The molecule has 0 saturated heterocycles. The molecule has 1 aliphatic rings. The standard InChI is InChI=1S/C16H23BrN2O/c1-3-19(4-2)16(20)11-18-13-9-12(10-13)14-7-5-6-8-15(14)17/h5-8,12-13,18H,3-4,9-11H2,1-2H3. The van der Waals surface area contributed by atoms with E-state index < -0.39 is 0 Å². The van der Waals surface area contributed by atoms with Crippen molar-refractivity contribution in [1.29, 1.82) is 0 Å². The first-order chi connectivity index (χ1) is 9.65. The molecule has 3 nitrogen and oxygen atoms in total. The van der Waals surface area contributed by atoms with Gasteiger partial charge in [-0.3, -0.25) is 4.79 Å². The minimum atomic E-state index is 0.208. The summed E-state index contributed by atoms with van der Waals surface area (Å²) in [5.74, 6) is 0.825. The molecule has 1 saturated carbocycles. The first kappa shape index (κ1) is 15.5. The lowest BCUT2D eigenvalue weighted by Gasteiger charge is -2.37. The van der Waals surface area contributed by atoms with Crippen molar-refractivity contribution in [3.63, 3.8) is 0 Å². The Morgan fingerprint density at radius 3 is 2.55 bits per heavy atom. The first-order valence-corrected chi connectivity index (χ1v) is 8.20. The second-order valence-corrected chi connectivity index (χ2v) is 6.19. The van der Waals surface area contributed by atoms with Gasteiger partial charge in [-0.1, -0.05) is 34.1 Å². The van der Waals surface area contributed by atoms with Crippen LogP contribution in [0.4, 0.5) is 0 Å². The van der Waals surface area contributed by atoms with E-state index in [4.69, 9.17) is 0 Å². The molecule has 0 aliphatic heterocycles. The topological polar surface area (TPSA) is 32.3 Å². The Morgan fingerprint density at radius 1 is 1.30 bits per heavy atom. The highest BCUT2D eigenvalue weighted by Crippen LogP contribution is 2.39. The number of nitrogens with one attached hydrogen (secondary N) is 1. The Labute approximate surface area is 129 Å². The number of amides is 1. The van der Waals surface area contributed by atoms with Crippen molar-refractivity contribution in [1.82, 2.24) is 10.2 Å². The van der Waals surface area contributed by atoms with Crippen molar-refractivity contribution in [3.8, 4) is 0 Å². The zero-order chi connectivity index (χ0) is 14.5. The number of rotatable bonds is 6. The molecule has 1 fully saturated rings. The summed E-state index contributed by atoms with van der Waals surface area (Å²) in [5, 5.41) is 3.38. The van der Waals surface area contributed by atoms with Crippen molar-refractivity contribution in [2.45, 2.75) is 38.6 Å². The molecule has 0 spiro atoms.